The summed E-state index contributed by atoms with van der Waals surface area (Å²) in [6, 6.07) is 18.7. The van der Waals surface area contributed by atoms with Crippen molar-refractivity contribution in [3.05, 3.63) is 101 Å². The number of benzene rings is 3. The summed E-state index contributed by atoms with van der Waals surface area (Å²) in [4.78, 5) is 12.4. The lowest BCUT2D eigenvalue weighted by Gasteiger charge is -2.08. The van der Waals surface area contributed by atoms with Crippen LogP contribution in [0.1, 0.15) is 21.5 Å². The highest BCUT2D eigenvalue weighted by Crippen LogP contribution is 2.18. The van der Waals surface area contributed by atoms with Crippen LogP contribution in [0.5, 0.6) is 0 Å². The van der Waals surface area contributed by atoms with Crippen LogP contribution in [-0.2, 0) is 10.0 Å². The number of anilines is 1. The second kappa shape index (κ2) is 8.19. The van der Waals surface area contributed by atoms with E-state index in [-0.39, 0.29) is 10.7 Å². The fourth-order valence-electron chi connectivity index (χ4n) is 2.51. The molecule has 0 bridgehead atoms. The predicted molar refractivity (Wildman–Crippen MR) is 108 cm³/mol. The molecule has 3 rings (SSSR count). The van der Waals surface area contributed by atoms with Crippen molar-refractivity contribution in [3.63, 3.8) is 0 Å². The lowest BCUT2D eigenvalue weighted by Crippen LogP contribution is -2.13. The summed E-state index contributed by atoms with van der Waals surface area (Å²) in [5.74, 6) is -0.719. The minimum Gasteiger partial charge on any atom is -0.289 e. The highest BCUT2D eigenvalue weighted by Gasteiger charge is 2.14. The van der Waals surface area contributed by atoms with Crippen molar-refractivity contribution in [1.82, 2.24) is 0 Å². The molecule has 0 fully saturated rings. The van der Waals surface area contributed by atoms with Crippen LogP contribution < -0.4 is 4.72 Å². The number of carbonyl (C=O) groups is 1. The molecule has 0 spiro atoms. The number of carbonyl (C=O) groups excluding carboxylic acids is 1. The standard InChI is InChI=1S/C22H18FNO3S/c1-16-6-13-20(14-7-16)28(26,27)24-19-11-8-18(9-12-19)22(25)15-10-17-4-2-3-5-21(17)23/h2-15,24H,1H3/b15-10+. The number of rotatable bonds is 6. The summed E-state index contributed by atoms with van der Waals surface area (Å²) in [6.07, 6.45) is 2.69. The summed E-state index contributed by atoms with van der Waals surface area (Å²) in [5, 5.41) is 0. The largest absolute Gasteiger partial charge is 0.289 e. The van der Waals surface area contributed by atoms with Crippen LogP contribution in [0.3, 0.4) is 0 Å². The fraction of sp³-hybridized carbons (Fsp3) is 0.0455. The van der Waals surface area contributed by atoms with Gasteiger partial charge in [0.05, 0.1) is 4.90 Å². The summed E-state index contributed by atoms with van der Waals surface area (Å²) in [5.41, 5.74) is 1.99. The number of aryl methyl sites for hydroxylation is 1. The summed E-state index contributed by atoms with van der Waals surface area (Å²) in [7, 11) is -3.70. The Bertz CT molecular complexity index is 1120. The van der Waals surface area contributed by atoms with Crippen molar-refractivity contribution in [2.45, 2.75) is 11.8 Å². The van der Waals surface area contributed by atoms with E-state index in [9.17, 15) is 17.6 Å². The number of allylic oxidation sites excluding steroid dienone is 1. The van der Waals surface area contributed by atoms with Gasteiger partial charge >= 0.3 is 0 Å². The van der Waals surface area contributed by atoms with Gasteiger partial charge in [-0.25, -0.2) is 12.8 Å². The maximum Gasteiger partial charge on any atom is 0.261 e. The third-order valence-electron chi connectivity index (χ3n) is 4.07. The SMILES string of the molecule is Cc1ccc(S(=O)(=O)Nc2ccc(C(=O)/C=C/c3ccccc3F)cc2)cc1. The fourth-order valence-corrected chi connectivity index (χ4v) is 3.56. The minimum atomic E-state index is -3.70. The summed E-state index contributed by atoms with van der Waals surface area (Å²) >= 11 is 0. The molecule has 0 unspecified atom stereocenters. The van der Waals surface area contributed by atoms with Gasteiger partial charge < -0.3 is 0 Å². The first kappa shape index (κ1) is 19.5. The van der Waals surface area contributed by atoms with E-state index in [0.29, 0.717) is 16.8 Å². The van der Waals surface area contributed by atoms with Crippen LogP contribution in [0.4, 0.5) is 10.1 Å². The quantitative estimate of drug-likeness (QED) is 0.480. The molecule has 0 aliphatic carbocycles. The van der Waals surface area contributed by atoms with Crippen molar-refractivity contribution in [2.75, 3.05) is 4.72 Å². The van der Waals surface area contributed by atoms with E-state index in [4.69, 9.17) is 0 Å². The van der Waals surface area contributed by atoms with Crippen molar-refractivity contribution >= 4 is 27.6 Å². The molecule has 0 amide bonds. The zero-order chi connectivity index (χ0) is 20.1. The third-order valence-corrected chi connectivity index (χ3v) is 5.47. The number of sulfonamides is 1. The molecule has 0 atom stereocenters. The van der Waals surface area contributed by atoms with Crippen LogP contribution in [0.25, 0.3) is 6.08 Å². The highest BCUT2D eigenvalue weighted by atomic mass is 32.2. The van der Waals surface area contributed by atoms with Crippen molar-refractivity contribution in [1.29, 1.82) is 0 Å². The minimum absolute atomic E-state index is 0.158. The van der Waals surface area contributed by atoms with Gasteiger partial charge in [0, 0.05) is 16.8 Å². The summed E-state index contributed by atoms with van der Waals surface area (Å²) < 4.78 is 40.9. The molecule has 0 saturated heterocycles. The van der Waals surface area contributed by atoms with E-state index in [1.807, 2.05) is 6.92 Å². The average molecular weight is 395 g/mol. The number of hydrogen-bond donors (Lipinski definition) is 1. The molecule has 6 heteroatoms. The van der Waals surface area contributed by atoms with Crippen molar-refractivity contribution < 1.29 is 17.6 Å². The molecule has 3 aromatic rings. The Morgan fingerprint density at radius 2 is 1.57 bits per heavy atom. The van der Waals surface area contributed by atoms with Gasteiger partial charge in [-0.3, -0.25) is 9.52 Å². The molecule has 4 nitrogen and oxygen atoms in total. The molecular formula is C22H18FNO3S. The zero-order valence-electron chi connectivity index (χ0n) is 15.1. The maximum atomic E-state index is 13.6. The van der Waals surface area contributed by atoms with Gasteiger partial charge in [0.1, 0.15) is 5.82 Å². The molecule has 0 radical (unpaired) electrons. The van der Waals surface area contributed by atoms with Crippen LogP contribution in [-0.4, -0.2) is 14.2 Å². The number of nitrogens with one attached hydrogen (secondary N) is 1. The zero-order valence-corrected chi connectivity index (χ0v) is 15.9. The van der Waals surface area contributed by atoms with Crippen LogP contribution in [0.2, 0.25) is 0 Å². The number of hydrogen-bond acceptors (Lipinski definition) is 3. The first-order chi connectivity index (χ1) is 13.3. The molecule has 1 N–H and O–H groups in total. The van der Waals surface area contributed by atoms with E-state index < -0.39 is 15.8 Å². The smallest absolute Gasteiger partial charge is 0.261 e. The Hall–Kier alpha value is -3.25. The van der Waals surface area contributed by atoms with E-state index in [1.165, 1.54) is 54.6 Å². The third kappa shape index (κ3) is 4.72. The monoisotopic (exact) mass is 395 g/mol. The normalized spacial score (nSPS) is 11.5. The van der Waals surface area contributed by atoms with E-state index in [0.717, 1.165) is 5.56 Å². The molecule has 0 aliphatic rings. The topological polar surface area (TPSA) is 63.2 Å². The van der Waals surface area contributed by atoms with Crippen LogP contribution in [0.15, 0.2) is 83.8 Å². The second-order valence-electron chi connectivity index (χ2n) is 6.21. The van der Waals surface area contributed by atoms with E-state index in [2.05, 4.69) is 4.72 Å². The van der Waals surface area contributed by atoms with Crippen molar-refractivity contribution in [2.24, 2.45) is 0 Å². The number of ketones is 1. The second-order valence-corrected chi connectivity index (χ2v) is 7.90. The molecule has 0 aromatic heterocycles. The van der Waals surface area contributed by atoms with Gasteiger partial charge in [-0.15, -0.1) is 0 Å². The highest BCUT2D eigenvalue weighted by molar-refractivity contribution is 7.92. The Balaban J connectivity index is 1.72. The molecule has 0 saturated carbocycles. The molecule has 142 valence electrons. The molecule has 0 aliphatic heterocycles. The average Bonchev–Trinajstić information content (AvgIpc) is 2.68. The first-order valence-corrected chi connectivity index (χ1v) is 10.00. The Kier molecular flexibility index (Phi) is 5.70. The Morgan fingerprint density at radius 1 is 0.929 bits per heavy atom. The molecule has 28 heavy (non-hydrogen) atoms. The Morgan fingerprint density at radius 3 is 2.21 bits per heavy atom. The maximum absolute atomic E-state index is 13.6. The van der Waals surface area contributed by atoms with Gasteiger partial charge in [0.2, 0.25) is 0 Å². The van der Waals surface area contributed by atoms with Gasteiger partial charge in [0.25, 0.3) is 10.0 Å². The van der Waals surface area contributed by atoms with E-state index in [1.54, 1.807) is 30.3 Å². The van der Waals surface area contributed by atoms with E-state index >= 15 is 0 Å². The molecule has 0 heterocycles. The summed E-state index contributed by atoms with van der Waals surface area (Å²) in [6.45, 7) is 1.88. The lowest BCUT2D eigenvalue weighted by molar-refractivity contribution is 0.104. The van der Waals surface area contributed by atoms with Crippen molar-refractivity contribution in [3.8, 4) is 0 Å². The first-order valence-electron chi connectivity index (χ1n) is 8.52. The van der Waals surface area contributed by atoms with Crippen LogP contribution >= 0.6 is 0 Å². The van der Waals surface area contributed by atoms with Gasteiger partial charge in [-0.05, 0) is 61.5 Å². The van der Waals surface area contributed by atoms with Gasteiger partial charge in [0.15, 0.2) is 5.78 Å². The molecule has 3 aromatic carbocycles. The Labute approximate surface area is 163 Å². The van der Waals surface area contributed by atoms with Crippen LogP contribution in [0, 0.1) is 12.7 Å². The number of halogens is 1. The van der Waals surface area contributed by atoms with Gasteiger partial charge in [-0.1, -0.05) is 35.9 Å². The molecular weight excluding hydrogens is 377 g/mol. The lowest BCUT2D eigenvalue weighted by atomic mass is 10.1. The van der Waals surface area contributed by atoms with Gasteiger partial charge in [-0.2, -0.15) is 0 Å². The predicted octanol–water partition coefficient (Wildman–Crippen LogP) is 4.83.